The highest BCUT2D eigenvalue weighted by atomic mass is 35.5. The lowest BCUT2D eigenvalue weighted by Gasteiger charge is -2.27. The van der Waals surface area contributed by atoms with Crippen LogP contribution in [-0.2, 0) is 17.2 Å². The van der Waals surface area contributed by atoms with Crippen molar-refractivity contribution in [2.75, 3.05) is 6.54 Å². The Morgan fingerprint density at radius 1 is 1.19 bits per heavy atom. The molecule has 1 heterocycles. The van der Waals surface area contributed by atoms with E-state index in [1.807, 2.05) is 23.1 Å². The molecule has 0 unspecified atom stereocenters. The van der Waals surface area contributed by atoms with Crippen LogP contribution >= 0.6 is 11.6 Å². The predicted molar refractivity (Wildman–Crippen MR) is 65.3 cm³/mol. The third-order valence-electron chi connectivity index (χ3n) is 3.04. The monoisotopic (exact) mass is 237 g/mol. The Bertz CT molecular complexity index is 378. The Hall–Kier alpha value is -1.02. The number of hydrogen-bond acceptors (Lipinski definition) is 1. The van der Waals surface area contributed by atoms with Crippen LogP contribution in [0.3, 0.4) is 0 Å². The number of likely N-dealkylation sites (tertiary alicyclic amines) is 1. The van der Waals surface area contributed by atoms with Crippen LogP contribution in [0.15, 0.2) is 24.3 Å². The van der Waals surface area contributed by atoms with Crippen LogP contribution in [0.25, 0.3) is 0 Å². The maximum absolute atomic E-state index is 11.7. The summed E-state index contributed by atoms with van der Waals surface area (Å²) in [6.45, 7) is 1.59. The van der Waals surface area contributed by atoms with Crippen molar-refractivity contribution >= 4 is 17.5 Å². The van der Waals surface area contributed by atoms with Crippen molar-refractivity contribution < 1.29 is 4.79 Å². The van der Waals surface area contributed by atoms with E-state index in [1.165, 1.54) is 5.56 Å². The second kappa shape index (κ2) is 5.35. The van der Waals surface area contributed by atoms with Crippen molar-refractivity contribution in [2.45, 2.75) is 31.7 Å². The van der Waals surface area contributed by atoms with Crippen LogP contribution in [0, 0.1) is 0 Å². The highest BCUT2D eigenvalue weighted by Crippen LogP contribution is 2.18. The standard InChI is InChI=1S/C13H16ClNO/c14-9-11-5-1-2-6-12(11)10-15-8-4-3-7-13(15)16/h1-2,5-6H,3-4,7-10H2. The van der Waals surface area contributed by atoms with E-state index in [0.29, 0.717) is 18.8 Å². The number of amides is 1. The molecule has 2 rings (SSSR count). The van der Waals surface area contributed by atoms with E-state index in [1.54, 1.807) is 0 Å². The van der Waals surface area contributed by atoms with E-state index in [-0.39, 0.29) is 5.91 Å². The molecule has 1 saturated heterocycles. The van der Waals surface area contributed by atoms with Gasteiger partial charge in [-0.3, -0.25) is 4.79 Å². The Morgan fingerprint density at radius 2 is 1.94 bits per heavy atom. The number of carbonyl (C=O) groups excluding carboxylic acids is 1. The smallest absolute Gasteiger partial charge is 0.222 e. The number of benzene rings is 1. The summed E-state index contributed by atoms with van der Waals surface area (Å²) in [4.78, 5) is 13.6. The lowest BCUT2D eigenvalue weighted by atomic mass is 10.1. The zero-order valence-electron chi connectivity index (χ0n) is 9.29. The molecule has 1 aliphatic rings. The fraction of sp³-hybridized carbons (Fsp3) is 0.462. The van der Waals surface area contributed by atoms with Crippen LogP contribution in [-0.4, -0.2) is 17.4 Å². The third kappa shape index (κ3) is 2.56. The molecule has 0 radical (unpaired) electrons. The molecule has 0 spiro atoms. The van der Waals surface area contributed by atoms with Crippen LogP contribution in [0.2, 0.25) is 0 Å². The highest BCUT2D eigenvalue weighted by molar-refractivity contribution is 6.17. The second-order valence-corrected chi connectivity index (χ2v) is 4.44. The molecule has 1 fully saturated rings. The summed E-state index contributed by atoms with van der Waals surface area (Å²) in [7, 11) is 0. The molecule has 16 heavy (non-hydrogen) atoms. The first-order valence-corrected chi connectivity index (χ1v) is 6.25. The molecule has 0 aliphatic carbocycles. The number of halogens is 1. The fourth-order valence-corrected chi connectivity index (χ4v) is 2.34. The van der Waals surface area contributed by atoms with E-state index >= 15 is 0 Å². The molecular weight excluding hydrogens is 222 g/mol. The van der Waals surface area contributed by atoms with Crippen LogP contribution in [0.5, 0.6) is 0 Å². The summed E-state index contributed by atoms with van der Waals surface area (Å²) in [5.41, 5.74) is 2.30. The average molecular weight is 238 g/mol. The van der Waals surface area contributed by atoms with Crippen LogP contribution < -0.4 is 0 Å². The molecule has 0 atom stereocenters. The first-order valence-electron chi connectivity index (χ1n) is 5.72. The molecular formula is C13H16ClNO. The minimum absolute atomic E-state index is 0.274. The lowest BCUT2D eigenvalue weighted by Crippen LogP contribution is -2.34. The SMILES string of the molecule is O=C1CCCCN1Cc1ccccc1CCl. The summed E-state index contributed by atoms with van der Waals surface area (Å²) >= 11 is 5.88. The molecule has 0 saturated carbocycles. The van der Waals surface area contributed by atoms with E-state index in [0.717, 1.165) is 24.9 Å². The van der Waals surface area contributed by atoms with Gasteiger partial charge in [0.2, 0.25) is 5.91 Å². The van der Waals surface area contributed by atoms with Crippen molar-refractivity contribution in [1.29, 1.82) is 0 Å². The summed E-state index contributed by atoms with van der Waals surface area (Å²) in [6, 6.07) is 8.06. The van der Waals surface area contributed by atoms with Gasteiger partial charge in [0.15, 0.2) is 0 Å². The first kappa shape index (κ1) is 11.5. The Balaban J connectivity index is 2.10. The molecule has 3 heteroatoms. The van der Waals surface area contributed by atoms with Gasteiger partial charge in [-0.05, 0) is 24.0 Å². The molecule has 2 nitrogen and oxygen atoms in total. The molecule has 1 aromatic carbocycles. The molecule has 1 aliphatic heterocycles. The quantitative estimate of drug-likeness (QED) is 0.741. The third-order valence-corrected chi connectivity index (χ3v) is 3.33. The van der Waals surface area contributed by atoms with Gasteiger partial charge in [0.25, 0.3) is 0 Å². The molecule has 0 bridgehead atoms. The van der Waals surface area contributed by atoms with Gasteiger partial charge < -0.3 is 4.90 Å². The van der Waals surface area contributed by atoms with E-state index < -0.39 is 0 Å². The van der Waals surface area contributed by atoms with Gasteiger partial charge in [-0.1, -0.05) is 24.3 Å². The van der Waals surface area contributed by atoms with Crippen molar-refractivity contribution in [2.24, 2.45) is 0 Å². The van der Waals surface area contributed by atoms with E-state index in [4.69, 9.17) is 11.6 Å². The molecule has 0 N–H and O–H groups in total. The van der Waals surface area contributed by atoms with Gasteiger partial charge in [-0.25, -0.2) is 0 Å². The van der Waals surface area contributed by atoms with Crippen molar-refractivity contribution in [1.82, 2.24) is 4.90 Å². The number of nitrogens with zero attached hydrogens (tertiary/aromatic N) is 1. The van der Waals surface area contributed by atoms with Gasteiger partial charge in [0, 0.05) is 25.4 Å². The average Bonchev–Trinajstić information content (AvgIpc) is 2.33. The predicted octanol–water partition coefficient (Wildman–Crippen LogP) is 2.94. The summed E-state index contributed by atoms with van der Waals surface area (Å²) in [5, 5.41) is 0. The lowest BCUT2D eigenvalue weighted by molar-refractivity contribution is -0.133. The van der Waals surface area contributed by atoms with Gasteiger partial charge in [-0.15, -0.1) is 11.6 Å². The van der Waals surface area contributed by atoms with E-state index in [2.05, 4.69) is 6.07 Å². The minimum atomic E-state index is 0.274. The maximum atomic E-state index is 11.7. The normalized spacial score (nSPS) is 16.6. The number of piperidine rings is 1. The molecule has 1 amide bonds. The topological polar surface area (TPSA) is 20.3 Å². The summed E-state index contributed by atoms with van der Waals surface area (Å²) < 4.78 is 0. The first-order chi connectivity index (χ1) is 7.81. The molecule has 86 valence electrons. The Morgan fingerprint density at radius 3 is 2.62 bits per heavy atom. The highest BCUT2D eigenvalue weighted by Gasteiger charge is 2.18. The second-order valence-electron chi connectivity index (χ2n) is 4.17. The van der Waals surface area contributed by atoms with Gasteiger partial charge >= 0.3 is 0 Å². The zero-order valence-corrected chi connectivity index (χ0v) is 10.0. The largest absolute Gasteiger partial charge is 0.338 e. The van der Waals surface area contributed by atoms with Crippen LogP contribution in [0.1, 0.15) is 30.4 Å². The van der Waals surface area contributed by atoms with Crippen LogP contribution in [0.4, 0.5) is 0 Å². The minimum Gasteiger partial charge on any atom is -0.338 e. The maximum Gasteiger partial charge on any atom is 0.222 e. The van der Waals surface area contributed by atoms with Crippen molar-refractivity contribution in [3.63, 3.8) is 0 Å². The summed E-state index contributed by atoms with van der Waals surface area (Å²) in [5.74, 6) is 0.786. The molecule has 0 aromatic heterocycles. The Kier molecular flexibility index (Phi) is 3.83. The number of carbonyl (C=O) groups is 1. The van der Waals surface area contributed by atoms with Gasteiger partial charge in [0.05, 0.1) is 0 Å². The Labute approximate surface area is 101 Å². The fourth-order valence-electron chi connectivity index (χ4n) is 2.08. The summed E-state index contributed by atoms with van der Waals surface area (Å²) in [6.07, 6.45) is 2.85. The van der Waals surface area contributed by atoms with E-state index in [9.17, 15) is 4.79 Å². The van der Waals surface area contributed by atoms with Crippen molar-refractivity contribution in [3.05, 3.63) is 35.4 Å². The zero-order chi connectivity index (χ0) is 11.4. The molecule has 1 aromatic rings. The number of hydrogen-bond donors (Lipinski definition) is 0. The number of rotatable bonds is 3. The van der Waals surface area contributed by atoms with Gasteiger partial charge in [-0.2, -0.15) is 0 Å². The van der Waals surface area contributed by atoms with Gasteiger partial charge in [0.1, 0.15) is 0 Å². The number of alkyl halides is 1. The van der Waals surface area contributed by atoms with Crippen molar-refractivity contribution in [3.8, 4) is 0 Å².